The van der Waals surface area contributed by atoms with Gasteiger partial charge in [0.25, 0.3) is 0 Å². The topological polar surface area (TPSA) is 66.5 Å². The zero-order valence-electron chi connectivity index (χ0n) is 14.6. The second-order valence-corrected chi connectivity index (χ2v) is 9.07. The van der Waals surface area contributed by atoms with Crippen molar-refractivity contribution in [3.05, 3.63) is 63.1 Å². The van der Waals surface area contributed by atoms with Crippen LogP contribution in [0.5, 0.6) is 0 Å². The minimum absolute atomic E-state index is 0.165. The number of carbonyl (C=O) groups excluding carboxylic acids is 1. The van der Waals surface area contributed by atoms with Crippen LogP contribution in [0, 0.1) is 0 Å². The Kier molecular flexibility index (Phi) is 7.79. The third-order valence-corrected chi connectivity index (χ3v) is 5.82. The van der Waals surface area contributed by atoms with Crippen molar-refractivity contribution in [3.8, 4) is 0 Å². The van der Waals surface area contributed by atoms with E-state index in [9.17, 15) is 13.2 Å². The number of halogens is 3. The quantitative estimate of drug-likeness (QED) is 0.615. The van der Waals surface area contributed by atoms with E-state index in [1.54, 1.807) is 6.07 Å². The summed E-state index contributed by atoms with van der Waals surface area (Å²) in [5.41, 5.74) is 1.16. The molecular weight excluding hydrogens is 431 g/mol. The molecule has 2 aromatic carbocycles. The monoisotopic (exact) mass is 448 g/mol. The summed E-state index contributed by atoms with van der Waals surface area (Å²) in [6, 6.07) is 11.9. The van der Waals surface area contributed by atoms with Gasteiger partial charge in [-0.15, -0.1) is 0 Å². The Morgan fingerprint density at radius 2 is 1.78 bits per heavy atom. The van der Waals surface area contributed by atoms with Crippen molar-refractivity contribution in [2.24, 2.45) is 0 Å². The van der Waals surface area contributed by atoms with Crippen molar-refractivity contribution >= 4 is 56.4 Å². The van der Waals surface area contributed by atoms with Gasteiger partial charge in [0.05, 0.1) is 17.0 Å². The molecule has 0 bridgehead atoms. The van der Waals surface area contributed by atoms with Gasteiger partial charge in [0, 0.05) is 16.6 Å². The molecule has 0 radical (unpaired) electrons. The Morgan fingerprint density at radius 3 is 2.44 bits per heavy atom. The molecule has 0 unspecified atom stereocenters. The van der Waals surface area contributed by atoms with Crippen molar-refractivity contribution < 1.29 is 13.2 Å². The number of aryl methyl sites for hydroxylation is 1. The lowest BCUT2D eigenvalue weighted by atomic mass is 10.1. The molecule has 2 rings (SSSR count). The molecule has 0 saturated heterocycles. The van der Waals surface area contributed by atoms with Gasteiger partial charge in [0.2, 0.25) is 15.9 Å². The highest BCUT2D eigenvalue weighted by Gasteiger charge is 2.23. The van der Waals surface area contributed by atoms with E-state index in [2.05, 4.69) is 5.32 Å². The van der Waals surface area contributed by atoms with Crippen molar-refractivity contribution in [1.29, 1.82) is 0 Å². The third-order valence-electron chi connectivity index (χ3n) is 3.77. The molecule has 0 heterocycles. The first-order valence-electron chi connectivity index (χ1n) is 8.11. The number of nitrogens with one attached hydrogen (secondary N) is 1. The molecule has 0 saturated carbocycles. The zero-order valence-corrected chi connectivity index (χ0v) is 17.7. The highest BCUT2D eigenvalue weighted by molar-refractivity contribution is 7.92. The third kappa shape index (κ3) is 6.57. The molecule has 0 fully saturated rings. The summed E-state index contributed by atoms with van der Waals surface area (Å²) in [6.07, 6.45) is 2.39. The van der Waals surface area contributed by atoms with E-state index in [-0.39, 0.29) is 17.3 Å². The Hall–Kier alpha value is -1.47. The minimum atomic E-state index is -3.72. The van der Waals surface area contributed by atoms with E-state index in [0.717, 1.165) is 16.1 Å². The molecule has 0 aromatic heterocycles. The summed E-state index contributed by atoms with van der Waals surface area (Å²) in [7, 11) is -3.72. The van der Waals surface area contributed by atoms with E-state index in [1.165, 1.54) is 12.1 Å². The molecule has 0 spiro atoms. The number of rotatable bonds is 8. The number of benzene rings is 2. The minimum Gasteiger partial charge on any atom is -0.355 e. The van der Waals surface area contributed by atoms with Gasteiger partial charge in [0.1, 0.15) is 6.54 Å². The van der Waals surface area contributed by atoms with Gasteiger partial charge in [-0.2, -0.15) is 0 Å². The van der Waals surface area contributed by atoms with E-state index in [4.69, 9.17) is 34.8 Å². The summed E-state index contributed by atoms with van der Waals surface area (Å²) in [5, 5.41) is 3.91. The first-order chi connectivity index (χ1) is 12.7. The number of hydrogen-bond acceptors (Lipinski definition) is 3. The molecule has 9 heteroatoms. The highest BCUT2D eigenvalue weighted by atomic mass is 35.5. The van der Waals surface area contributed by atoms with Crippen LogP contribution in [0.4, 0.5) is 5.69 Å². The van der Waals surface area contributed by atoms with Gasteiger partial charge in [-0.25, -0.2) is 8.42 Å². The van der Waals surface area contributed by atoms with Crippen molar-refractivity contribution in [3.63, 3.8) is 0 Å². The Morgan fingerprint density at radius 1 is 1.07 bits per heavy atom. The Balaban J connectivity index is 1.96. The van der Waals surface area contributed by atoms with Crippen LogP contribution in [0.1, 0.15) is 12.0 Å². The lowest BCUT2D eigenvalue weighted by Crippen LogP contribution is -2.40. The average Bonchev–Trinajstić information content (AvgIpc) is 2.59. The molecule has 27 heavy (non-hydrogen) atoms. The standard InChI is InChI=1S/C18H19Cl3N2O3S/c1-27(25,26)23(17-11-14(19)8-9-16(17)21)12-18(24)22-10-4-6-13-5-2-3-7-15(13)20/h2-3,5,7-9,11H,4,6,10,12H2,1H3,(H,22,24). The summed E-state index contributed by atoms with van der Waals surface area (Å²) in [6.45, 7) is 0.00985. The lowest BCUT2D eigenvalue weighted by Gasteiger charge is -2.23. The first kappa shape index (κ1) is 21.8. The summed E-state index contributed by atoms with van der Waals surface area (Å²) < 4.78 is 25.2. The maximum Gasteiger partial charge on any atom is 0.240 e. The van der Waals surface area contributed by atoms with Crippen molar-refractivity contribution in [2.45, 2.75) is 12.8 Å². The second-order valence-electron chi connectivity index (χ2n) is 5.91. The zero-order chi connectivity index (χ0) is 20.0. The maximum atomic E-state index is 12.2. The number of anilines is 1. The Bertz CT molecular complexity index is 920. The molecule has 5 nitrogen and oxygen atoms in total. The fourth-order valence-corrected chi connectivity index (χ4v) is 3.98. The lowest BCUT2D eigenvalue weighted by molar-refractivity contribution is -0.119. The van der Waals surface area contributed by atoms with Crippen LogP contribution >= 0.6 is 34.8 Å². The molecule has 0 aliphatic heterocycles. The van der Waals surface area contributed by atoms with Crippen LogP contribution < -0.4 is 9.62 Å². The number of sulfonamides is 1. The van der Waals surface area contributed by atoms with Gasteiger partial charge in [-0.1, -0.05) is 53.0 Å². The molecule has 0 atom stereocenters. The molecule has 1 N–H and O–H groups in total. The summed E-state index contributed by atoms with van der Waals surface area (Å²) >= 11 is 18.1. The van der Waals surface area contributed by atoms with Gasteiger partial charge in [0.15, 0.2) is 0 Å². The smallest absolute Gasteiger partial charge is 0.240 e. The first-order valence-corrected chi connectivity index (χ1v) is 11.1. The van der Waals surface area contributed by atoms with E-state index in [1.807, 2.05) is 24.3 Å². The second kappa shape index (κ2) is 9.64. The van der Waals surface area contributed by atoms with E-state index in [0.29, 0.717) is 29.4 Å². The molecule has 146 valence electrons. The number of hydrogen-bond donors (Lipinski definition) is 1. The predicted octanol–water partition coefficient (Wildman–Crippen LogP) is 4.16. The van der Waals surface area contributed by atoms with E-state index < -0.39 is 15.9 Å². The van der Waals surface area contributed by atoms with Crippen LogP contribution in [0.25, 0.3) is 0 Å². The molecule has 0 aliphatic rings. The van der Waals surface area contributed by atoms with Crippen LogP contribution in [0.3, 0.4) is 0 Å². The largest absolute Gasteiger partial charge is 0.355 e. The van der Waals surface area contributed by atoms with Gasteiger partial charge in [-0.3, -0.25) is 9.10 Å². The molecule has 0 aliphatic carbocycles. The summed E-state index contributed by atoms with van der Waals surface area (Å²) in [5.74, 6) is -0.435. The molecule has 2 aromatic rings. The van der Waals surface area contributed by atoms with Crippen LogP contribution in [-0.2, 0) is 21.2 Å². The van der Waals surface area contributed by atoms with Gasteiger partial charge < -0.3 is 5.32 Å². The summed E-state index contributed by atoms with van der Waals surface area (Å²) in [4.78, 5) is 12.2. The number of carbonyl (C=O) groups is 1. The number of amides is 1. The van der Waals surface area contributed by atoms with Crippen LogP contribution in [-0.4, -0.2) is 33.7 Å². The fourth-order valence-electron chi connectivity index (χ4n) is 2.45. The van der Waals surface area contributed by atoms with E-state index >= 15 is 0 Å². The molecular formula is C18H19Cl3N2O3S. The normalized spacial score (nSPS) is 11.3. The van der Waals surface area contributed by atoms with Gasteiger partial charge in [-0.05, 0) is 42.7 Å². The SMILES string of the molecule is CS(=O)(=O)N(CC(=O)NCCCc1ccccc1Cl)c1cc(Cl)ccc1Cl. The highest BCUT2D eigenvalue weighted by Crippen LogP contribution is 2.30. The number of nitrogens with zero attached hydrogens (tertiary/aromatic N) is 1. The predicted molar refractivity (Wildman–Crippen MR) is 111 cm³/mol. The Labute approximate surface area is 174 Å². The van der Waals surface area contributed by atoms with Crippen LogP contribution in [0.2, 0.25) is 15.1 Å². The molecule has 1 amide bonds. The van der Waals surface area contributed by atoms with Crippen molar-refractivity contribution in [2.75, 3.05) is 23.7 Å². The average molecular weight is 450 g/mol. The van der Waals surface area contributed by atoms with Crippen molar-refractivity contribution in [1.82, 2.24) is 5.32 Å². The van der Waals surface area contributed by atoms with Crippen LogP contribution in [0.15, 0.2) is 42.5 Å². The fraction of sp³-hybridized carbons (Fsp3) is 0.278. The van der Waals surface area contributed by atoms with Gasteiger partial charge >= 0.3 is 0 Å². The maximum absolute atomic E-state index is 12.2.